The second-order valence-electron chi connectivity index (χ2n) is 4.06. The fourth-order valence-electron chi connectivity index (χ4n) is 2.52. The standard InChI is InChI=1S/C9H18Ge2/c1-4-10-6-2-7-11(5-1)9-3-8-10/h1-9H2. The van der Waals surface area contributed by atoms with E-state index in [4.69, 9.17) is 0 Å². The molecule has 62 valence electrons. The first kappa shape index (κ1) is 8.67. The second-order valence-corrected chi connectivity index (χ2v) is 16.6. The van der Waals surface area contributed by atoms with Crippen molar-refractivity contribution in [2.75, 3.05) is 0 Å². The maximum absolute atomic E-state index is 1.76. The monoisotopic (exact) mass is 274 g/mol. The molecule has 2 bridgehead atoms. The van der Waals surface area contributed by atoms with Gasteiger partial charge in [-0.25, -0.2) is 0 Å². The molecule has 0 aromatic carbocycles. The summed E-state index contributed by atoms with van der Waals surface area (Å²) in [5.74, 6) is 0. The summed E-state index contributed by atoms with van der Waals surface area (Å²) >= 11 is -0.785. The van der Waals surface area contributed by atoms with Crippen LogP contribution in [0, 0.1) is 0 Å². The Hall–Kier alpha value is 1.09. The van der Waals surface area contributed by atoms with E-state index in [0.717, 1.165) is 0 Å². The molecule has 11 heavy (non-hydrogen) atoms. The summed E-state index contributed by atoms with van der Waals surface area (Å²) in [6, 6.07) is 0. The molecule has 3 aliphatic rings. The van der Waals surface area contributed by atoms with Gasteiger partial charge < -0.3 is 0 Å². The zero-order valence-electron chi connectivity index (χ0n) is 7.36. The quantitative estimate of drug-likeness (QED) is 0.594. The van der Waals surface area contributed by atoms with Crippen molar-refractivity contribution < 1.29 is 0 Å². The molecule has 0 nitrogen and oxygen atoms in total. The maximum atomic E-state index is 1.76. The normalized spacial score (nSPS) is 29.5. The van der Waals surface area contributed by atoms with E-state index >= 15 is 0 Å². The minimum atomic E-state index is -0.392. The molecule has 0 spiro atoms. The summed E-state index contributed by atoms with van der Waals surface area (Å²) < 4.78 is 0. The van der Waals surface area contributed by atoms with Crippen molar-refractivity contribution >= 4 is 28.7 Å². The fourth-order valence-corrected chi connectivity index (χ4v) is 18.9. The van der Waals surface area contributed by atoms with Crippen molar-refractivity contribution in [3.05, 3.63) is 0 Å². The van der Waals surface area contributed by atoms with Gasteiger partial charge in [-0.15, -0.1) is 0 Å². The molecule has 2 radical (unpaired) electrons. The van der Waals surface area contributed by atoms with Crippen molar-refractivity contribution in [1.82, 2.24) is 0 Å². The van der Waals surface area contributed by atoms with Crippen LogP contribution in [0.1, 0.15) is 19.3 Å². The van der Waals surface area contributed by atoms with E-state index in [0.29, 0.717) is 0 Å². The second kappa shape index (κ2) is 4.36. The van der Waals surface area contributed by atoms with E-state index in [-0.39, 0.29) is 0 Å². The Morgan fingerprint density at radius 1 is 0.455 bits per heavy atom. The van der Waals surface area contributed by atoms with Crippen LogP contribution in [0.5, 0.6) is 0 Å². The Morgan fingerprint density at radius 3 is 1.00 bits per heavy atom. The molecule has 0 atom stereocenters. The molecule has 0 aromatic heterocycles. The van der Waals surface area contributed by atoms with Crippen molar-refractivity contribution in [2.24, 2.45) is 0 Å². The summed E-state index contributed by atoms with van der Waals surface area (Å²) in [7, 11) is 0. The van der Waals surface area contributed by atoms with Crippen molar-refractivity contribution in [3.63, 3.8) is 0 Å². The van der Waals surface area contributed by atoms with Crippen molar-refractivity contribution in [3.8, 4) is 0 Å². The summed E-state index contributed by atoms with van der Waals surface area (Å²) in [6.45, 7) is 0. The molecule has 3 heterocycles. The molecule has 0 saturated carbocycles. The molecular formula is C9H18Ge2. The Balaban J connectivity index is 1.96. The summed E-state index contributed by atoms with van der Waals surface area (Å²) in [5, 5.41) is 10.6. The van der Waals surface area contributed by atoms with E-state index in [1.165, 1.54) is 0 Å². The topological polar surface area (TPSA) is 0 Å². The van der Waals surface area contributed by atoms with Crippen LogP contribution < -0.4 is 0 Å². The zero-order valence-corrected chi connectivity index (χ0v) is 11.6. The van der Waals surface area contributed by atoms with Gasteiger partial charge >= 0.3 is 79.5 Å². The van der Waals surface area contributed by atoms with E-state index in [9.17, 15) is 0 Å². The summed E-state index contributed by atoms with van der Waals surface area (Å²) in [6.07, 6.45) is 5.06. The van der Waals surface area contributed by atoms with Crippen LogP contribution in [-0.2, 0) is 0 Å². The molecule has 0 amide bonds. The number of fused-ring (bicyclic) bond motifs is 6. The van der Waals surface area contributed by atoms with Crippen LogP contribution in [0.4, 0.5) is 0 Å². The van der Waals surface area contributed by atoms with E-state index in [2.05, 4.69) is 0 Å². The van der Waals surface area contributed by atoms with E-state index < -0.39 is 28.7 Å². The van der Waals surface area contributed by atoms with Gasteiger partial charge in [0, 0.05) is 0 Å². The molecule has 0 N–H and O–H groups in total. The average molecular weight is 271 g/mol. The summed E-state index contributed by atoms with van der Waals surface area (Å²) in [4.78, 5) is 0. The fraction of sp³-hybridized carbons (Fsp3) is 1.00. The van der Waals surface area contributed by atoms with Gasteiger partial charge in [0.2, 0.25) is 0 Å². The Labute approximate surface area is 79.3 Å². The van der Waals surface area contributed by atoms with Crippen molar-refractivity contribution in [2.45, 2.75) is 50.8 Å². The number of rotatable bonds is 0. The third-order valence-electron chi connectivity index (χ3n) is 3.18. The molecule has 3 fully saturated rings. The molecule has 2 heteroatoms. The first-order chi connectivity index (χ1) is 5.45. The van der Waals surface area contributed by atoms with Gasteiger partial charge in [-0.1, -0.05) is 0 Å². The molecule has 3 aliphatic heterocycles. The van der Waals surface area contributed by atoms with Gasteiger partial charge in [0.05, 0.1) is 0 Å². The zero-order chi connectivity index (χ0) is 7.52. The van der Waals surface area contributed by atoms with Gasteiger partial charge in [0.15, 0.2) is 0 Å². The van der Waals surface area contributed by atoms with Crippen LogP contribution in [0.2, 0.25) is 31.5 Å². The Morgan fingerprint density at radius 2 is 0.727 bits per heavy atom. The van der Waals surface area contributed by atoms with E-state index in [1.54, 1.807) is 50.8 Å². The number of hydrogen-bond acceptors (Lipinski definition) is 0. The van der Waals surface area contributed by atoms with Crippen LogP contribution in [0.25, 0.3) is 0 Å². The van der Waals surface area contributed by atoms with Crippen LogP contribution in [-0.4, -0.2) is 28.7 Å². The third kappa shape index (κ3) is 2.51. The average Bonchev–Trinajstić information content (AvgIpc) is 1.80. The predicted molar refractivity (Wildman–Crippen MR) is 54.2 cm³/mol. The van der Waals surface area contributed by atoms with Gasteiger partial charge in [0.1, 0.15) is 0 Å². The van der Waals surface area contributed by atoms with Gasteiger partial charge in [-0.3, -0.25) is 0 Å². The SMILES string of the molecule is C1[CH2][Ge]2[CH2]C[CH2][Ge]([CH2]1)[CH2]C[CH2]2. The molecule has 0 aliphatic carbocycles. The molecule has 0 unspecified atom stereocenters. The van der Waals surface area contributed by atoms with Crippen LogP contribution in [0.15, 0.2) is 0 Å². The third-order valence-corrected chi connectivity index (χ3v) is 16.5. The molecule has 3 rings (SSSR count). The number of hydrogen-bond donors (Lipinski definition) is 0. The predicted octanol–water partition coefficient (Wildman–Crippen LogP) is 3.17. The molecular weight excluding hydrogens is 253 g/mol. The van der Waals surface area contributed by atoms with Crippen LogP contribution >= 0.6 is 0 Å². The van der Waals surface area contributed by atoms with Crippen LogP contribution in [0.3, 0.4) is 0 Å². The van der Waals surface area contributed by atoms with Gasteiger partial charge in [0.25, 0.3) is 0 Å². The first-order valence-electron chi connectivity index (χ1n) is 5.12. The van der Waals surface area contributed by atoms with E-state index in [1.807, 2.05) is 0 Å². The van der Waals surface area contributed by atoms with Gasteiger partial charge in [-0.05, 0) is 0 Å². The van der Waals surface area contributed by atoms with Crippen molar-refractivity contribution in [1.29, 1.82) is 0 Å². The summed E-state index contributed by atoms with van der Waals surface area (Å²) in [5.41, 5.74) is 0. The Kier molecular flexibility index (Phi) is 3.44. The molecule has 3 saturated heterocycles. The molecule has 0 aromatic rings. The van der Waals surface area contributed by atoms with Gasteiger partial charge in [-0.2, -0.15) is 0 Å². The minimum absolute atomic E-state index is 0.392. The first-order valence-corrected chi connectivity index (χ1v) is 14.0. The Bertz CT molecular complexity index is 89.0.